The number of nitrogens with one attached hydrogen (secondary N) is 1. The predicted octanol–water partition coefficient (Wildman–Crippen LogP) is 2.70. The average Bonchev–Trinajstić information content (AvgIpc) is 2.67. The van der Waals surface area contributed by atoms with E-state index in [1.54, 1.807) is 0 Å². The van der Waals surface area contributed by atoms with Gasteiger partial charge >= 0.3 is 5.97 Å². The zero-order valence-corrected chi connectivity index (χ0v) is 17.4. The zero-order valence-electron chi connectivity index (χ0n) is 17.4. The van der Waals surface area contributed by atoms with Gasteiger partial charge in [-0.2, -0.15) is 5.10 Å². The summed E-state index contributed by atoms with van der Waals surface area (Å²) in [5, 5.41) is 12.9. The molecule has 0 fully saturated rings. The Balaban J connectivity index is 0.00000420. The van der Waals surface area contributed by atoms with E-state index in [1.165, 1.54) is 0 Å². The number of quaternary nitrogens is 1. The first-order valence-electron chi connectivity index (χ1n) is 8.62. The van der Waals surface area contributed by atoms with Crippen molar-refractivity contribution in [2.45, 2.75) is 0 Å². The van der Waals surface area contributed by atoms with E-state index in [-0.39, 0.29) is 6.15 Å². The molecule has 0 spiro atoms. The van der Waals surface area contributed by atoms with E-state index in [4.69, 9.17) is 5.11 Å². The maximum atomic E-state index is 11.8. The van der Waals surface area contributed by atoms with Gasteiger partial charge in [0.2, 0.25) is 0 Å². The molecule has 0 saturated carbocycles. The van der Waals surface area contributed by atoms with Crippen molar-refractivity contribution >= 4 is 29.0 Å². The second-order valence-electron chi connectivity index (χ2n) is 6.49. The largest absolute Gasteiger partial charge is 0.478 e. The van der Waals surface area contributed by atoms with Crippen LogP contribution in [0.2, 0.25) is 0 Å². The Labute approximate surface area is 170 Å². The molecule has 8 nitrogen and oxygen atoms in total. The van der Waals surface area contributed by atoms with Crippen molar-refractivity contribution in [3.63, 3.8) is 0 Å². The van der Waals surface area contributed by atoms with E-state index in [1.807, 2.05) is 86.5 Å². The van der Waals surface area contributed by atoms with Crippen LogP contribution in [0.3, 0.4) is 0 Å². The number of aliphatic carboxylic acids is 1. The number of hydrazone groups is 1. The molecule has 0 saturated heterocycles. The van der Waals surface area contributed by atoms with E-state index in [0.29, 0.717) is 5.71 Å². The van der Waals surface area contributed by atoms with Crippen LogP contribution < -0.4 is 21.4 Å². The average molecular weight is 398 g/mol. The first kappa shape index (κ1) is 23.4. The van der Waals surface area contributed by atoms with Gasteiger partial charge in [-0.05, 0) is 24.3 Å². The third-order valence-corrected chi connectivity index (χ3v) is 3.97. The number of nitrogens with zero attached hydrogens (tertiary/aromatic N) is 3. The number of hydrogen-bond donors (Lipinski definition) is 3. The number of amides is 1. The molecule has 0 bridgehead atoms. The van der Waals surface area contributed by atoms with Crippen LogP contribution in [0, 0.1) is 0 Å². The van der Waals surface area contributed by atoms with Gasteiger partial charge in [-0.3, -0.25) is 4.79 Å². The summed E-state index contributed by atoms with van der Waals surface area (Å²) in [4.78, 5) is 26.3. The molecule has 0 unspecified atom stereocenters. The van der Waals surface area contributed by atoms with Crippen molar-refractivity contribution in [3.05, 3.63) is 71.8 Å². The topological polar surface area (TPSA) is 122 Å². The molecule has 0 atom stereocenters. The number of hydrogen-bond acceptors (Lipinski definition) is 5. The molecule has 0 heterocycles. The van der Waals surface area contributed by atoms with Gasteiger partial charge in [0.15, 0.2) is 0 Å². The van der Waals surface area contributed by atoms with Gasteiger partial charge in [0.1, 0.15) is 0 Å². The van der Waals surface area contributed by atoms with Gasteiger partial charge in [-0.1, -0.05) is 24.3 Å². The van der Waals surface area contributed by atoms with Gasteiger partial charge in [0.05, 0.1) is 5.71 Å². The molecule has 29 heavy (non-hydrogen) atoms. The monoisotopic (exact) mass is 398 g/mol. The lowest BCUT2D eigenvalue weighted by Gasteiger charge is -2.15. The number of rotatable bonds is 7. The minimum atomic E-state index is -1.20. The van der Waals surface area contributed by atoms with Gasteiger partial charge in [0, 0.05) is 62.8 Å². The predicted molar refractivity (Wildman–Crippen MR) is 118 cm³/mol. The number of carboxylic acid groups (broad SMARTS) is 1. The normalized spacial score (nSPS) is 10.1. The van der Waals surface area contributed by atoms with E-state index >= 15 is 0 Å². The summed E-state index contributed by atoms with van der Waals surface area (Å²) in [5.41, 5.74) is 6.70. The highest BCUT2D eigenvalue weighted by Crippen LogP contribution is 2.18. The second kappa shape index (κ2) is 10.6. The Bertz CT molecular complexity index is 832. The molecule has 6 N–H and O–H groups in total. The molecule has 0 aliphatic heterocycles. The lowest BCUT2D eigenvalue weighted by Crippen LogP contribution is -2.19. The molecular weight excluding hydrogens is 370 g/mol. The number of carboxylic acids is 1. The first-order chi connectivity index (χ1) is 13.3. The molecule has 2 aromatic rings. The number of anilines is 2. The molecule has 8 heteroatoms. The van der Waals surface area contributed by atoms with Crippen LogP contribution in [0.4, 0.5) is 11.4 Å². The van der Waals surface area contributed by atoms with Crippen LogP contribution in [0.1, 0.15) is 11.1 Å². The van der Waals surface area contributed by atoms with Crippen LogP contribution in [0.5, 0.6) is 0 Å². The highest BCUT2D eigenvalue weighted by Gasteiger charge is 2.09. The molecule has 0 aliphatic rings. The van der Waals surface area contributed by atoms with Crippen molar-refractivity contribution in [3.8, 4) is 0 Å². The van der Waals surface area contributed by atoms with Crippen molar-refractivity contribution < 1.29 is 14.7 Å². The molecule has 0 aliphatic carbocycles. The summed E-state index contributed by atoms with van der Waals surface area (Å²) in [5.74, 6) is -1.81. The maximum absolute atomic E-state index is 11.8. The highest BCUT2D eigenvalue weighted by atomic mass is 16.4. The maximum Gasteiger partial charge on any atom is 0.328 e. The summed E-state index contributed by atoms with van der Waals surface area (Å²) in [7, 11) is 7.83. The second-order valence-corrected chi connectivity index (χ2v) is 6.49. The zero-order chi connectivity index (χ0) is 20.7. The van der Waals surface area contributed by atoms with E-state index in [9.17, 15) is 9.59 Å². The Morgan fingerprint density at radius 1 is 0.828 bits per heavy atom. The lowest BCUT2D eigenvalue weighted by atomic mass is 10.0. The minimum absolute atomic E-state index is 0. The fraction of sp³-hybridized carbons (Fsp3) is 0.190. The quantitative estimate of drug-likeness (QED) is 0.376. The Morgan fingerprint density at radius 3 is 1.59 bits per heavy atom. The fourth-order valence-corrected chi connectivity index (χ4v) is 2.43. The van der Waals surface area contributed by atoms with Crippen molar-refractivity contribution in [2.24, 2.45) is 5.10 Å². The van der Waals surface area contributed by atoms with Gasteiger partial charge in [0.25, 0.3) is 5.91 Å². The van der Waals surface area contributed by atoms with Gasteiger partial charge < -0.3 is 21.1 Å². The minimum Gasteiger partial charge on any atom is -0.478 e. The Hall–Kier alpha value is -3.65. The standard InChI is InChI=1S/C21H24N4O3.H3N/c1-24(2)17-9-5-15(6-10-17)21(23-22-19(26)13-14-20(27)28)16-7-11-18(12-8-16)25(3)4;/h5-14H,1-4H3,(H,22,26)(H,27,28);1H3/p+1/b14-13-;. The highest BCUT2D eigenvalue weighted by molar-refractivity contribution is 6.13. The van der Waals surface area contributed by atoms with Crippen LogP contribution in [-0.2, 0) is 9.59 Å². The lowest BCUT2D eigenvalue weighted by molar-refractivity contribution is -0.131. The third-order valence-electron chi connectivity index (χ3n) is 3.97. The Kier molecular flexibility index (Phi) is 8.57. The van der Waals surface area contributed by atoms with Crippen molar-refractivity contribution in [1.82, 2.24) is 11.6 Å². The molecular formula is C21H28N5O3+. The molecule has 154 valence electrons. The van der Waals surface area contributed by atoms with E-state index in [2.05, 4.69) is 10.5 Å². The SMILES string of the molecule is CN(C)c1ccc(C(=NNC(=O)/C=C\C(=O)O)c2ccc(N(C)C)cc2)cc1.[NH4+]. The molecule has 0 radical (unpaired) electrons. The van der Waals surface area contributed by atoms with Crippen LogP contribution >= 0.6 is 0 Å². The number of carbonyl (C=O) groups excluding carboxylic acids is 1. The van der Waals surface area contributed by atoms with E-state index < -0.39 is 11.9 Å². The third kappa shape index (κ3) is 6.78. The molecule has 2 aromatic carbocycles. The van der Waals surface area contributed by atoms with Crippen LogP contribution in [0.15, 0.2) is 65.8 Å². The van der Waals surface area contributed by atoms with E-state index in [0.717, 1.165) is 34.7 Å². The first-order valence-corrected chi connectivity index (χ1v) is 8.62. The number of benzene rings is 2. The molecule has 0 aromatic heterocycles. The smallest absolute Gasteiger partial charge is 0.328 e. The molecule has 1 amide bonds. The van der Waals surface area contributed by atoms with Crippen molar-refractivity contribution in [2.75, 3.05) is 38.0 Å². The summed E-state index contributed by atoms with van der Waals surface area (Å²) < 4.78 is 0. The Morgan fingerprint density at radius 2 is 1.24 bits per heavy atom. The summed E-state index contributed by atoms with van der Waals surface area (Å²) in [6.45, 7) is 0. The van der Waals surface area contributed by atoms with Crippen molar-refractivity contribution in [1.29, 1.82) is 0 Å². The number of carbonyl (C=O) groups is 2. The fourth-order valence-electron chi connectivity index (χ4n) is 2.43. The summed E-state index contributed by atoms with van der Waals surface area (Å²) >= 11 is 0. The molecule has 2 rings (SSSR count). The van der Waals surface area contributed by atoms with Crippen LogP contribution in [0.25, 0.3) is 0 Å². The van der Waals surface area contributed by atoms with Crippen LogP contribution in [-0.4, -0.2) is 50.9 Å². The summed E-state index contributed by atoms with van der Waals surface area (Å²) in [6.07, 6.45) is 1.69. The summed E-state index contributed by atoms with van der Waals surface area (Å²) in [6, 6.07) is 15.5. The van der Waals surface area contributed by atoms with Gasteiger partial charge in [-0.15, -0.1) is 0 Å². The van der Waals surface area contributed by atoms with Gasteiger partial charge in [-0.25, -0.2) is 10.2 Å².